The second-order valence-electron chi connectivity index (χ2n) is 9.12. The molecule has 1 aromatic carbocycles. The normalized spacial score (nSPS) is 12.2. The number of amides is 3. The SMILES string of the molecule is CCCCCN(C(=O)CCC(=O)O)[C@@H](Cc1ccc(OC(C(=O)O)C(=O)O)cc1)C(=O)NC(=O)[C@@H](N)CCC(=O)O. The molecule has 41 heavy (non-hydrogen) atoms. The molecule has 15 nitrogen and oxygen atoms in total. The second kappa shape index (κ2) is 17.2. The van der Waals surface area contributed by atoms with Gasteiger partial charge in [-0.25, -0.2) is 9.59 Å². The molecule has 0 fully saturated rings. The van der Waals surface area contributed by atoms with Crippen LogP contribution in [0.3, 0.4) is 0 Å². The van der Waals surface area contributed by atoms with Crippen LogP contribution in [-0.2, 0) is 40.0 Å². The van der Waals surface area contributed by atoms with Crippen LogP contribution in [0.25, 0.3) is 0 Å². The van der Waals surface area contributed by atoms with Gasteiger partial charge in [0, 0.05) is 25.8 Å². The summed E-state index contributed by atoms with van der Waals surface area (Å²) in [6, 6.07) is 2.72. The molecule has 0 saturated carbocycles. The van der Waals surface area contributed by atoms with E-state index in [-0.39, 0.29) is 25.1 Å². The molecule has 1 aromatic rings. The van der Waals surface area contributed by atoms with E-state index < -0.39 is 79.0 Å². The first kappa shape index (κ1) is 34.5. The van der Waals surface area contributed by atoms with Gasteiger partial charge in [0.25, 0.3) is 6.10 Å². The first-order valence-corrected chi connectivity index (χ1v) is 12.8. The van der Waals surface area contributed by atoms with Gasteiger partial charge in [-0.1, -0.05) is 31.9 Å². The lowest BCUT2D eigenvalue weighted by atomic mass is 10.0. The molecule has 0 saturated heterocycles. The first-order valence-electron chi connectivity index (χ1n) is 12.8. The number of hydrogen-bond donors (Lipinski definition) is 6. The van der Waals surface area contributed by atoms with Crippen molar-refractivity contribution in [1.29, 1.82) is 0 Å². The van der Waals surface area contributed by atoms with Gasteiger partial charge in [-0.15, -0.1) is 0 Å². The van der Waals surface area contributed by atoms with Gasteiger partial charge in [0.2, 0.25) is 17.7 Å². The maximum Gasteiger partial charge on any atom is 0.356 e. The Kier molecular flexibility index (Phi) is 14.5. The van der Waals surface area contributed by atoms with E-state index in [1.54, 1.807) is 0 Å². The van der Waals surface area contributed by atoms with Crippen LogP contribution in [0.15, 0.2) is 24.3 Å². The van der Waals surface area contributed by atoms with E-state index in [0.717, 1.165) is 6.42 Å². The minimum Gasteiger partial charge on any atom is -0.481 e. The molecule has 15 heteroatoms. The Morgan fingerprint density at radius 3 is 1.95 bits per heavy atom. The molecule has 0 radical (unpaired) electrons. The largest absolute Gasteiger partial charge is 0.481 e. The number of carboxylic acids is 4. The number of ether oxygens (including phenoxy) is 1. The number of aliphatic carboxylic acids is 4. The summed E-state index contributed by atoms with van der Waals surface area (Å²) >= 11 is 0. The maximum atomic E-state index is 13.3. The molecule has 3 amide bonds. The lowest BCUT2D eigenvalue weighted by molar-refractivity contribution is -0.159. The van der Waals surface area contributed by atoms with Crippen LogP contribution >= 0.6 is 0 Å². The molecule has 2 atom stereocenters. The minimum atomic E-state index is -2.16. The number of nitrogens with two attached hydrogens (primary N) is 1. The molecule has 0 aliphatic carbocycles. The van der Waals surface area contributed by atoms with E-state index in [9.17, 15) is 33.6 Å². The molecule has 226 valence electrons. The minimum absolute atomic E-state index is 0.0731. The van der Waals surface area contributed by atoms with Gasteiger partial charge < -0.3 is 35.8 Å². The average molecular weight is 582 g/mol. The summed E-state index contributed by atoms with van der Waals surface area (Å²) in [5.41, 5.74) is 6.12. The van der Waals surface area contributed by atoms with Crippen LogP contribution in [0.4, 0.5) is 0 Å². The van der Waals surface area contributed by atoms with Gasteiger partial charge in [-0.2, -0.15) is 0 Å². The fourth-order valence-corrected chi connectivity index (χ4v) is 3.67. The first-order chi connectivity index (χ1) is 19.3. The maximum absolute atomic E-state index is 13.3. The summed E-state index contributed by atoms with van der Waals surface area (Å²) in [5.74, 6) is -8.45. The van der Waals surface area contributed by atoms with Crippen LogP contribution in [0, 0.1) is 0 Å². The Morgan fingerprint density at radius 2 is 1.44 bits per heavy atom. The van der Waals surface area contributed by atoms with Crippen molar-refractivity contribution >= 4 is 41.6 Å². The van der Waals surface area contributed by atoms with Crippen molar-refractivity contribution in [3.8, 4) is 5.75 Å². The van der Waals surface area contributed by atoms with Crippen molar-refractivity contribution in [2.75, 3.05) is 6.54 Å². The predicted octanol–water partition coefficient (Wildman–Crippen LogP) is 0.233. The molecule has 0 unspecified atom stereocenters. The average Bonchev–Trinajstić information content (AvgIpc) is 2.90. The van der Waals surface area contributed by atoms with Crippen LogP contribution < -0.4 is 15.8 Å². The number of nitrogens with zero attached hydrogens (tertiary/aromatic N) is 1. The summed E-state index contributed by atoms with van der Waals surface area (Å²) in [6.45, 7) is 1.99. The van der Waals surface area contributed by atoms with Crippen molar-refractivity contribution in [2.24, 2.45) is 5.73 Å². The highest BCUT2D eigenvalue weighted by molar-refractivity contribution is 6.01. The standard InChI is InChI=1S/C26H35N3O12/c1-2-3-4-13-29(19(30)10-12-21(33)34)18(24(36)28-23(35)17(27)9-11-20(31)32)14-15-5-7-16(8-6-15)41-22(25(37)38)26(39)40/h5-8,17-18,22H,2-4,9-14,27H2,1H3,(H,31,32)(H,33,34)(H,37,38)(H,39,40)(H,28,35,36)/t17-,18-/m0/s1. The van der Waals surface area contributed by atoms with E-state index in [0.29, 0.717) is 18.4 Å². The quantitative estimate of drug-likeness (QED) is 0.0946. The summed E-state index contributed by atoms with van der Waals surface area (Å²) in [4.78, 5) is 84.1. The number of carbonyl (C=O) groups excluding carboxylic acids is 3. The van der Waals surface area contributed by atoms with Crippen molar-refractivity contribution < 1.29 is 58.7 Å². The third kappa shape index (κ3) is 12.5. The predicted molar refractivity (Wildman–Crippen MR) is 140 cm³/mol. The number of benzene rings is 1. The Bertz CT molecular complexity index is 1090. The van der Waals surface area contributed by atoms with Crippen molar-refractivity contribution in [2.45, 2.75) is 76.5 Å². The highest BCUT2D eigenvalue weighted by atomic mass is 16.5. The molecule has 0 bridgehead atoms. The molecule has 0 heterocycles. The number of unbranched alkanes of at least 4 members (excludes halogenated alkanes) is 2. The van der Waals surface area contributed by atoms with Crippen molar-refractivity contribution in [1.82, 2.24) is 10.2 Å². The van der Waals surface area contributed by atoms with E-state index >= 15 is 0 Å². The van der Waals surface area contributed by atoms with Gasteiger partial charge >= 0.3 is 23.9 Å². The Morgan fingerprint density at radius 1 is 0.854 bits per heavy atom. The van der Waals surface area contributed by atoms with E-state index in [2.05, 4.69) is 5.32 Å². The van der Waals surface area contributed by atoms with Gasteiger partial charge in [0.15, 0.2) is 0 Å². The molecule has 0 spiro atoms. The Labute approximate surface area is 235 Å². The Balaban J connectivity index is 3.29. The highest BCUT2D eigenvalue weighted by Gasteiger charge is 2.32. The summed E-state index contributed by atoms with van der Waals surface area (Å²) in [7, 11) is 0. The molecule has 0 aliphatic rings. The van der Waals surface area contributed by atoms with Gasteiger partial charge in [0.1, 0.15) is 11.8 Å². The monoisotopic (exact) mass is 581 g/mol. The molecule has 0 aromatic heterocycles. The van der Waals surface area contributed by atoms with Gasteiger partial charge in [0.05, 0.1) is 12.5 Å². The summed E-state index contributed by atoms with van der Waals surface area (Å²) in [6.07, 6.45) is -1.94. The molecular weight excluding hydrogens is 546 g/mol. The van der Waals surface area contributed by atoms with Crippen molar-refractivity contribution in [3.05, 3.63) is 29.8 Å². The fraction of sp³-hybridized carbons (Fsp3) is 0.500. The third-order valence-electron chi connectivity index (χ3n) is 5.86. The lowest BCUT2D eigenvalue weighted by Gasteiger charge is -2.31. The number of hydrogen-bond acceptors (Lipinski definition) is 9. The topological polar surface area (TPSA) is 251 Å². The summed E-state index contributed by atoms with van der Waals surface area (Å²) in [5, 5.41) is 38.0. The molecule has 7 N–H and O–H groups in total. The van der Waals surface area contributed by atoms with Crippen molar-refractivity contribution in [3.63, 3.8) is 0 Å². The van der Waals surface area contributed by atoms with Gasteiger partial charge in [-0.3, -0.25) is 29.3 Å². The molecule has 1 rings (SSSR count). The number of imide groups is 1. The molecule has 0 aliphatic heterocycles. The summed E-state index contributed by atoms with van der Waals surface area (Å²) < 4.78 is 4.97. The van der Waals surface area contributed by atoms with E-state index in [1.807, 2.05) is 6.92 Å². The van der Waals surface area contributed by atoms with Crippen LogP contribution in [0.5, 0.6) is 5.75 Å². The number of rotatable bonds is 19. The number of carbonyl (C=O) groups is 7. The molecular formula is C26H35N3O12. The zero-order valence-corrected chi connectivity index (χ0v) is 22.5. The van der Waals surface area contributed by atoms with Crippen LogP contribution in [-0.4, -0.2) is 91.7 Å². The van der Waals surface area contributed by atoms with Gasteiger partial charge in [-0.05, 0) is 30.5 Å². The highest BCUT2D eigenvalue weighted by Crippen LogP contribution is 2.19. The van der Waals surface area contributed by atoms with Crippen LogP contribution in [0.1, 0.15) is 57.4 Å². The van der Waals surface area contributed by atoms with Crippen LogP contribution in [0.2, 0.25) is 0 Å². The Hall–Kier alpha value is -4.53. The smallest absolute Gasteiger partial charge is 0.356 e. The zero-order chi connectivity index (χ0) is 31.1. The number of nitrogens with one attached hydrogen (secondary N) is 1. The third-order valence-corrected chi connectivity index (χ3v) is 5.86. The fourth-order valence-electron chi connectivity index (χ4n) is 3.67. The van der Waals surface area contributed by atoms with E-state index in [1.165, 1.54) is 29.2 Å². The second-order valence-corrected chi connectivity index (χ2v) is 9.12. The number of carboxylic acid groups (broad SMARTS) is 4. The lowest BCUT2D eigenvalue weighted by Crippen LogP contribution is -2.54. The van der Waals surface area contributed by atoms with E-state index in [4.69, 9.17) is 30.9 Å². The zero-order valence-electron chi connectivity index (χ0n) is 22.5.